The molecule has 1 aromatic rings. The van der Waals surface area contributed by atoms with Gasteiger partial charge in [-0.25, -0.2) is 0 Å². The van der Waals surface area contributed by atoms with Crippen LogP contribution in [-0.2, 0) is 10.3 Å². The summed E-state index contributed by atoms with van der Waals surface area (Å²) in [6, 6.07) is 3.49. The number of allylic oxidation sites excluding steroid dienone is 3. The zero-order valence-corrected chi connectivity index (χ0v) is 17.9. The zero-order valence-electron chi connectivity index (χ0n) is 17.9. The minimum Gasteiger partial charge on any atom is -0.507 e. The second kappa shape index (κ2) is 9.33. The fourth-order valence-corrected chi connectivity index (χ4v) is 4.21. The number of rotatable bonds is 9. The molecule has 1 aliphatic rings. The van der Waals surface area contributed by atoms with E-state index in [0.717, 1.165) is 36.8 Å². The first kappa shape index (κ1) is 22.8. The Morgan fingerprint density at radius 2 is 1.93 bits per heavy atom. The Morgan fingerprint density at radius 1 is 1.31 bits per heavy atom. The molecule has 6 heteroatoms. The van der Waals surface area contributed by atoms with Crippen molar-refractivity contribution in [3.05, 3.63) is 57.2 Å². The molecule has 1 aliphatic carbocycles. The molecule has 2 atom stereocenters. The Morgan fingerprint density at radius 3 is 2.48 bits per heavy atom. The van der Waals surface area contributed by atoms with Crippen molar-refractivity contribution >= 4 is 0 Å². The van der Waals surface area contributed by atoms with Gasteiger partial charge in [0, 0.05) is 11.5 Å². The normalized spacial score (nSPS) is 19.5. The predicted octanol–water partition coefficient (Wildman–Crippen LogP) is 5.77. The van der Waals surface area contributed by atoms with E-state index in [2.05, 4.69) is 24.4 Å². The molecule has 0 aliphatic heterocycles. The standard InChI is InChI=1S/C23H33NO5/c1-15(2)18-9-8-16(3)12-19(18)22-20(25)13-17(14-21(22)26)23(4,5)10-6-7-11-29-24(27)28/h12-14,18-19,25-26H,1,6-11H2,2-5H3/t18-,19+/m0/s1. The van der Waals surface area contributed by atoms with E-state index in [9.17, 15) is 20.3 Å². The molecular formula is C23H33NO5. The van der Waals surface area contributed by atoms with Crippen LogP contribution in [-0.4, -0.2) is 21.9 Å². The molecular weight excluding hydrogens is 370 g/mol. The molecule has 0 spiro atoms. The molecule has 2 N–H and O–H groups in total. The fourth-order valence-electron chi connectivity index (χ4n) is 4.21. The molecule has 6 nitrogen and oxygen atoms in total. The lowest BCUT2D eigenvalue weighted by Gasteiger charge is -2.32. The highest BCUT2D eigenvalue weighted by atomic mass is 16.9. The number of nitrogens with zero attached hydrogens (tertiary/aromatic N) is 1. The SMILES string of the molecule is C=C(C)[C@@H]1CCC(C)=C[C@H]1c1c(O)cc(C(C)(C)CCCCO[N+](=O)[O-])cc1O. The monoisotopic (exact) mass is 403 g/mol. The lowest BCUT2D eigenvalue weighted by Crippen LogP contribution is -2.19. The Balaban J connectivity index is 2.22. The van der Waals surface area contributed by atoms with Crippen LogP contribution in [0.5, 0.6) is 11.5 Å². The Labute approximate surface area is 173 Å². The molecule has 29 heavy (non-hydrogen) atoms. The summed E-state index contributed by atoms with van der Waals surface area (Å²) in [7, 11) is 0. The molecule has 2 rings (SSSR count). The second-order valence-corrected chi connectivity index (χ2v) is 8.86. The molecule has 0 saturated heterocycles. The third-order valence-electron chi connectivity index (χ3n) is 6.02. The van der Waals surface area contributed by atoms with Gasteiger partial charge >= 0.3 is 0 Å². The van der Waals surface area contributed by atoms with Gasteiger partial charge < -0.3 is 15.1 Å². The van der Waals surface area contributed by atoms with Gasteiger partial charge in [0.25, 0.3) is 5.09 Å². The van der Waals surface area contributed by atoms with Gasteiger partial charge in [0.15, 0.2) is 0 Å². The van der Waals surface area contributed by atoms with Crippen molar-refractivity contribution < 1.29 is 20.1 Å². The van der Waals surface area contributed by atoms with E-state index in [1.54, 1.807) is 12.1 Å². The molecule has 0 unspecified atom stereocenters. The van der Waals surface area contributed by atoms with Crippen molar-refractivity contribution in [1.29, 1.82) is 0 Å². The fraction of sp³-hybridized carbons (Fsp3) is 0.565. The third-order valence-corrected chi connectivity index (χ3v) is 6.02. The van der Waals surface area contributed by atoms with Crippen LogP contribution in [0, 0.1) is 16.0 Å². The Hall–Kier alpha value is -2.50. The number of unbranched alkanes of at least 4 members (excludes halogenated alkanes) is 1. The topological polar surface area (TPSA) is 92.8 Å². The van der Waals surface area contributed by atoms with Gasteiger partial charge in [-0.2, -0.15) is 0 Å². The first-order valence-electron chi connectivity index (χ1n) is 10.2. The molecule has 160 valence electrons. The van der Waals surface area contributed by atoms with Crippen molar-refractivity contribution in [2.75, 3.05) is 6.61 Å². The van der Waals surface area contributed by atoms with Crippen LogP contribution in [0.25, 0.3) is 0 Å². The molecule has 0 heterocycles. The third kappa shape index (κ3) is 5.75. The summed E-state index contributed by atoms with van der Waals surface area (Å²) in [5.41, 5.74) is 3.42. The number of phenolic OH excluding ortho intramolecular Hbond substituents is 2. The van der Waals surface area contributed by atoms with E-state index in [1.165, 1.54) is 5.57 Å². The van der Waals surface area contributed by atoms with E-state index >= 15 is 0 Å². The number of benzene rings is 1. The average molecular weight is 404 g/mol. The number of aromatic hydroxyl groups is 2. The van der Waals surface area contributed by atoms with Crippen LogP contribution < -0.4 is 0 Å². The van der Waals surface area contributed by atoms with Crippen LogP contribution in [0.3, 0.4) is 0 Å². The summed E-state index contributed by atoms with van der Waals surface area (Å²) < 4.78 is 0. The highest BCUT2D eigenvalue weighted by molar-refractivity contribution is 5.53. The quantitative estimate of drug-likeness (QED) is 0.236. The summed E-state index contributed by atoms with van der Waals surface area (Å²) in [5.74, 6) is 0.313. The number of hydrogen-bond donors (Lipinski definition) is 2. The van der Waals surface area contributed by atoms with Gasteiger partial charge in [0.05, 0.1) is 6.61 Å². The Bertz CT molecular complexity index is 773. The highest BCUT2D eigenvalue weighted by Crippen LogP contribution is 2.47. The van der Waals surface area contributed by atoms with E-state index in [1.807, 2.05) is 20.8 Å². The Kier molecular flexibility index (Phi) is 7.33. The molecule has 0 amide bonds. The molecule has 0 fully saturated rings. The summed E-state index contributed by atoms with van der Waals surface area (Å²) in [5, 5.41) is 31.1. The van der Waals surface area contributed by atoms with E-state index < -0.39 is 5.09 Å². The molecule has 1 aromatic carbocycles. The van der Waals surface area contributed by atoms with Gasteiger partial charge in [-0.05, 0) is 68.6 Å². The van der Waals surface area contributed by atoms with Gasteiger partial charge in [0.2, 0.25) is 0 Å². The van der Waals surface area contributed by atoms with Crippen LogP contribution >= 0.6 is 0 Å². The van der Waals surface area contributed by atoms with Gasteiger partial charge in [0.1, 0.15) is 11.5 Å². The predicted molar refractivity (Wildman–Crippen MR) is 114 cm³/mol. The average Bonchev–Trinajstić information content (AvgIpc) is 2.60. The smallest absolute Gasteiger partial charge is 0.294 e. The van der Waals surface area contributed by atoms with Crippen molar-refractivity contribution in [2.45, 2.75) is 71.1 Å². The van der Waals surface area contributed by atoms with Crippen LogP contribution in [0.1, 0.15) is 76.8 Å². The number of phenols is 2. The maximum absolute atomic E-state index is 10.8. The lowest BCUT2D eigenvalue weighted by molar-refractivity contribution is -0.757. The maximum atomic E-state index is 10.8. The minimum absolute atomic E-state index is 0.0776. The molecule has 0 radical (unpaired) electrons. The summed E-state index contributed by atoms with van der Waals surface area (Å²) in [4.78, 5) is 14.6. The molecule has 0 bridgehead atoms. The summed E-state index contributed by atoms with van der Waals surface area (Å²) >= 11 is 0. The van der Waals surface area contributed by atoms with Crippen LogP contribution in [0.15, 0.2) is 35.9 Å². The van der Waals surface area contributed by atoms with Gasteiger partial charge in [-0.3, -0.25) is 0 Å². The van der Waals surface area contributed by atoms with E-state index in [-0.39, 0.29) is 35.4 Å². The van der Waals surface area contributed by atoms with Gasteiger partial charge in [-0.1, -0.05) is 44.1 Å². The van der Waals surface area contributed by atoms with Crippen LogP contribution in [0.4, 0.5) is 0 Å². The summed E-state index contributed by atoms with van der Waals surface area (Å²) in [6.07, 6.45) is 6.17. The zero-order chi connectivity index (χ0) is 21.8. The largest absolute Gasteiger partial charge is 0.507 e. The maximum Gasteiger partial charge on any atom is 0.294 e. The van der Waals surface area contributed by atoms with E-state index in [4.69, 9.17) is 0 Å². The lowest BCUT2D eigenvalue weighted by atomic mass is 9.72. The van der Waals surface area contributed by atoms with Crippen molar-refractivity contribution in [3.63, 3.8) is 0 Å². The minimum atomic E-state index is -0.778. The van der Waals surface area contributed by atoms with Crippen molar-refractivity contribution in [1.82, 2.24) is 0 Å². The van der Waals surface area contributed by atoms with Gasteiger partial charge in [-0.15, -0.1) is 10.1 Å². The molecule has 0 aromatic heterocycles. The van der Waals surface area contributed by atoms with E-state index in [0.29, 0.717) is 12.0 Å². The highest BCUT2D eigenvalue weighted by Gasteiger charge is 2.31. The molecule has 0 saturated carbocycles. The first-order valence-corrected chi connectivity index (χ1v) is 10.2. The second-order valence-electron chi connectivity index (χ2n) is 8.86. The number of hydrogen-bond acceptors (Lipinski definition) is 5. The van der Waals surface area contributed by atoms with Crippen molar-refractivity contribution in [3.8, 4) is 11.5 Å². The van der Waals surface area contributed by atoms with Crippen LogP contribution in [0.2, 0.25) is 0 Å². The first-order chi connectivity index (χ1) is 13.5. The van der Waals surface area contributed by atoms with Crippen molar-refractivity contribution in [2.24, 2.45) is 5.92 Å². The summed E-state index contributed by atoms with van der Waals surface area (Å²) in [6.45, 7) is 12.3.